The largest absolute Gasteiger partial charge is 0.320 e. The van der Waals surface area contributed by atoms with Crippen LogP contribution in [0.1, 0.15) is 39.4 Å². The molecule has 0 aliphatic heterocycles. The molecule has 1 nitrogen and oxygen atoms in total. The van der Waals surface area contributed by atoms with Crippen LogP contribution in [0.5, 0.6) is 0 Å². The third-order valence-electron chi connectivity index (χ3n) is 3.71. The molecule has 0 aromatic heterocycles. The van der Waals surface area contributed by atoms with Gasteiger partial charge in [-0.1, -0.05) is 41.4 Å². The summed E-state index contributed by atoms with van der Waals surface area (Å²) in [6.45, 7) is 8.33. The van der Waals surface area contributed by atoms with Crippen molar-refractivity contribution in [1.82, 2.24) is 0 Å². The van der Waals surface area contributed by atoms with Gasteiger partial charge in [0.05, 0.1) is 6.04 Å². The van der Waals surface area contributed by atoms with E-state index in [2.05, 4.69) is 52.0 Å². The van der Waals surface area contributed by atoms with E-state index in [1.54, 1.807) is 0 Å². The maximum absolute atomic E-state index is 6.40. The van der Waals surface area contributed by atoms with Crippen LogP contribution >= 0.6 is 11.6 Å². The molecule has 0 amide bonds. The molecule has 2 rings (SSSR count). The Kier molecular flexibility index (Phi) is 3.98. The van der Waals surface area contributed by atoms with E-state index in [0.717, 1.165) is 16.1 Å². The highest BCUT2D eigenvalue weighted by Gasteiger charge is 2.15. The van der Waals surface area contributed by atoms with E-state index in [1.165, 1.54) is 22.3 Å². The zero-order valence-corrected chi connectivity index (χ0v) is 12.7. The first-order valence-electron chi connectivity index (χ1n) is 6.49. The minimum atomic E-state index is -0.174. The summed E-state index contributed by atoms with van der Waals surface area (Å²) >= 11 is 6.35. The molecule has 0 spiro atoms. The van der Waals surface area contributed by atoms with Gasteiger partial charge in [0.1, 0.15) is 0 Å². The fourth-order valence-corrected chi connectivity index (χ4v) is 2.72. The standard InChI is InChI=1S/C17H20ClN/c1-10-5-6-14(13(4)7-10)17(19)15-8-11(2)12(3)9-16(15)18/h5-9,17H,19H2,1-4H3. The maximum Gasteiger partial charge on any atom is 0.0569 e. The lowest BCUT2D eigenvalue weighted by atomic mass is 9.93. The summed E-state index contributed by atoms with van der Waals surface area (Å²) in [7, 11) is 0. The second kappa shape index (κ2) is 5.36. The summed E-state index contributed by atoms with van der Waals surface area (Å²) in [5.41, 5.74) is 13.4. The highest BCUT2D eigenvalue weighted by atomic mass is 35.5. The summed E-state index contributed by atoms with van der Waals surface area (Å²) in [6, 6.07) is 10.3. The first-order chi connectivity index (χ1) is 8.90. The molecule has 19 heavy (non-hydrogen) atoms. The monoisotopic (exact) mass is 273 g/mol. The summed E-state index contributed by atoms with van der Waals surface area (Å²) in [5.74, 6) is 0. The molecule has 0 fully saturated rings. The normalized spacial score (nSPS) is 12.5. The average molecular weight is 274 g/mol. The smallest absolute Gasteiger partial charge is 0.0569 e. The van der Waals surface area contributed by atoms with E-state index >= 15 is 0 Å². The summed E-state index contributed by atoms with van der Waals surface area (Å²) < 4.78 is 0. The van der Waals surface area contributed by atoms with Crippen molar-refractivity contribution in [2.75, 3.05) is 0 Å². The third-order valence-corrected chi connectivity index (χ3v) is 4.04. The zero-order chi connectivity index (χ0) is 14.2. The highest BCUT2D eigenvalue weighted by Crippen LogP contribution is 2.30. The van der Waals surface area contributed by atoms with Crippen molar-refractivity contribution in [3.8, 4) is 0 Å². The van der Waals surface area contributed by atoms with Crippen LogP contribution in [0.4, 0.5) is 0 Å². The van der Waals surface area contributed by atoms with Crippen LogP contribution in [-0.2, 0) is 0 Å². The Hall–Kier alpha value is -1.31. The predicted octanol–water partition coefficient (Wildman–Crippen LogP) is 4.62. The number of nitrogens with two attached hydrogens (primary N) is 1. The van der Waals surface area contributed by atoms with Crippen LogP contribution in [0.25, 0.3) is 0 Å². The molecule has 0 aliphatic rings. The Morgan fingerprint density at radius 2 is 1.47 bits per heavy atom. The van der Waals surface area contributed by atoms with Crippen LogP contribution in [0, 0.1) is 27.7 Å². The predicted molar refractivity (Wildman–Crippen MR) is 82.9 cm³/mol. The lowest BCUT2D eigenvalue weighted by molar-refractivity contribution is 0.858. The molecule has 1 atom stereocenters. The Morgan fingerprint density at radius 3 is 2.11 bits per heavy atom. The fourth-order valence-electron chi connectivity index (χ4n) is 2.38. The Bertz CT molecular complexity index is 617. The number of rotatable bonds is 2. The second-order valence-corrected chi connectivity index (χ2v) is 5.70. The van der Waals surface area contributed by atoms with Crippen molar-refractivity contribution in [1.29, 1.82) is 0 Å². The van der Waals surface area contributed by atoms with E-state index < -0.39 is 0 Å². The van der Waals surface area contributed by atoms with Crippen LogP contribution in [-0.4, -0.2) is 0 Å². The van der Waals surface area contributed by atoms with Crippen molar-refractivity contribution in [3.05, 3.63) is 68.7 Å². The number of halogens is 1. The summed E-state index contributed by atoms with van der Waals surface area (Å²) in [5, 5.41) is 0.746. The first kappa shape index (κ1) is 14.1. The maximum atomic E-state index is 6.40. The van der Waals surface area contributed by atoms with Gasteiger partial charge in [-0.25, -0.2) is 0 Å². The Morgan fingerprint density at radius 1 is 0.842 bits per heavy atom. The van der Waals surface area contributed by atoms with Crippen molar-refractivity contribution in [2.45, 2.75) is 33.7 Å². The minimum absolute atomic E-state index is 0.174. The van der Waals surface area contributed by atoms with Crippen molar-refractivity contribution < 1.29 is 0 Å². The van der Waals surface area contributed by atoms with Crippen molar-refractivity contribution in [3.63, 3.8) is 0 Å². The summed E-state index contributed by atoms with van der Waals surface area (Å²) in [4.78, 5) is 0. The SMILES string of the molecule is Cc1ccc(C(N)c2cc(C)c(C)cc2Cl)c(C)c1. The lowest BCUT2D eigenvalue weighted by Gasteiger charge is -2.18. The van der Waals surface area contributed by atoms with Crippen molar-refractivity contribution >= 4 is 11.6 Å². The van der Waals surface area contributed by atoms with Crippen LogP contribution in [0.2, 0.25) is 5.02 Å². The molecule has 100 valence electrons. The molecule has 0 aliphatic carbocycles. The molecule has 2 heteroatoms. The van der Waals surface area contributed by atoms with Gasteiger partial charge in [-0.2, -0.15) is 0 Å². The van der Waals surface area contributed by atoms with Gasteiger partial charge in [0.2, 0.25) is 0 Å². The molecule has 0 radical (unpaired) electrons. The van der Waals surface area contributed by atoms with E-state index in [1.807, 2.05) is 6.07 Å². The molecule has 0 saturated heterocycles. The molecule has 2 aromatic carbocycles. The molecule has 0 saturated carbocycles. The Balaban J connectivity index is 2.49. The van der Waals surface area contributed by atoms with E-state index in [9.17, 15) is 0 Å². The van der Waals surface area contributed by atoms with Gasteiger partial charge >= 0.3 is 0 Å². The molecule has 2 N–H and O–H groups in total. The number of hydrogen-bond acceptors (Lipinski definition) is 1. The number of hydrogen-bond donors (Lipinski definition) is 1. The van der Waals surface area contributed by atoms with Crippen LogP contribution in [0.3, 0.4) is 0 Å². The van der Waals surface area contributed by atoms with Crippen LogP contribution < -0.4 is 5.73 Å². The molecular formula is C17H20ClN. The van der Waals surface area contributed by atoms with Gasteiger partial charge < -0.3 is 5.73 Å². The minimum Gasteiger partial charge on any atom is -0.320 e. The van der Waals surface area contributed by atoms with E-state index in [0.29, 0.717) is 0 Å². The van der Waals surface area contributed by atoms with Gasteiger partial charge in [0.15, 0.2) is 0 Å². The molecular weight excluding hydrogens is 254 g/mol. The topological polar surface area (TPSA) is 26.0 Å². The quantitative estimate of drug-likeness (QED) is 0.849. The third kappa shape index (κ3) is 2.83. The van der Waals surface area contributed by atoms with Crippen molar-refractivity contribution in [2.24, 2.45) is 5.73 Å². The van der Waals surface area contributed by atoms with Gasteiger partial charge in [0.25, 0.3) is 0 Å². The van der Waals surface area contributed by atoms with Gasteiger partial charge in [-0.3, -0.25) is 0 Å². The Labute approximate surface area is 120 Å². The van der Waals surface area contributed by atoms with E-state index in [4.69, 9.17) is 17.3 Å². The molecule has 2 aromatic rings. The highest BCUT2D eigenvalue weighted by molar-refractivity contribution is 6.31. The number of benzene rings is 2. The van der Waals surface area contributed by atoms with E-state index in [-0.39, 0.29) is 6.04 Å². The molecule has 1 unspecified atom stereocenters. The zero-order valence-electron chi connectivity index (χ0n) is 11.9. The second-order valence-electron chi connectivity index (χ2n) is 5.30. The fraction of sp³-hybridized carbons (Fsp3) is 0.294. The van der Waals surface area contributed by atoms with Gasteiger partial charge in [-0.15, -0.1) is 0 Å². The summed E-state index contributed by atoms with van der Waals surface area (Å²) in [6.07, 6.45) is 0. The van der Waals surface area contributed by atoms with Gasteiger partial charge in [-0.05, 0) is 61.6 Å². The lowest BCUT2D eigenvalue weighted by Crippen LogP contribution is -2.14. The average Bonchev–Trinajstić information content (AvgIpc) is 2.33. The first-order valence-corrected chi connectivity index (χ1v) is 6.87. The van der Waals surface area contributed by atoms with Gasteiger partial charge in [0, 0.05) is 5.02 Å². The van der Waals surface area contributed by atoms with Crippen LogP contribution in [0.15, 0.2) is 30.3 Å². The molecule has 0 bridgehead atoms. The number of aryl methyl sites for hydroxylation is 4. The molecule has 0 heterocycles.